The number of rotatable bonds is 9. The second-order valence-corrected chi connectivity index (χ2v) is 10.5. The van der Waals surface area contributed by atoms with Gasteiger partial charge in [-0.25, -0.2) is 17.8 Å². The standard InChI is InChI=1S/C24H32FN3O3S/c1-16-9-10-18(24(26-16)27-20-7-5-4-6-8-20)12-14-23(29)17(2)19-11-13-22(21(25)15-19)28-32(3,30)31/h9-11,13,15,17,20,28H,4-8,12,14H2,1-3H3,(H,26,27). The third-order valence-electron chi connectivity index (χ3n) is 5.98. The summed E-state index contributed by atoms with van der Waals surface area (Å²) >= 11 is 0. The molecular weight excluding hydrogens is 429 g/mol. The maximum Gasteiger partial charge on any atom is 0.229 e. The zero-order valence-electron chi connectivity index (χ0n) is 18.9. The first-order valence-electron chi connectivity index (χ1n) is 11.2. The average Bonchev–Trinajstić information content (AvgIpc) is 2.73. The summed E-state index contributed by atoms with van der Waals surface area (Å²) in [5, 5.41) is 3.58. The lowest BCUT2D eigenvalue weighted by atomic mass is 9.92. The minimum absolute atomic E-state index is 0.00239. The lowest BCUT2D eigenvalue weighted by Crippen LogP contribution is -2.24. The predicted octanol–water partition coefficient (Wildman–Crippen LogP) is 4.95. The van der Waals surface area contributed by atoms with Crippen LogP contribution in [0.25, 0.3) is 0 Å². The molecule has 32 heavy (non-hydrogen) atoms. The molecule has 0 aliphatic heterocycles. The Bertz CT molecular complexity index is 1070. The maximum absolute atomic E-state index is 14.3. The summed E-state index contributed by atoms with van der Waals surface area (Å²) in [6.45, 7) is 3.70. The largest absolute Gasteiger partial charge is 0.367 e. The molecule has 1 unspecified atom stereocenters. The molecule has 1 saturated carbocycles. The van der Waals surface area contributed by atoms with Gasteiger partial charge in [-0.1, -0.05) is 38.3 Å². The number of aromatic nitrogens is 1. The number of ketones is 1. The van der Waals surface area contributed by atoms with Crippen molar-refractivity contribution in [1.29, 1.82) is 0 Å². The number of aryl methyl sites for hydroxylation is 2. The normalized spacial score (nSPS) is 15.9. The van der Waals surface area contributed by atoms with E-state index in [4.69, 9.17) is 0 Å². The molecular formula is C24H32FN3O3S. The lowest BCUT2D eigenvalue weighted by Gasteiger charge is -2.24. The number of anilines is 2. The smallest absolute Gasteiger partial charge is 0.229 e. The van der Waals surface area contributed by atoms with Gasteiger partial charge in [0.25, 0.3) is 0 Å². The van der Waals surface area contributed by atoms with Crippen LogP contribution in [-0.4, -0.2) is 31.5 Å². The van der Waals surface area contributed by atoms with Gasteiger partial charge in [-0.15, -0.1) is 0 Å². The molecule has 1 atom stereocenters. The molecule has 174 valence electrons. The molecule has 1 aliphatic carbocycles. The topological polar surface area (TPSA) is 88.2 Å². The van der Waals surface area contributed by atoms with E-state index >= 15 is 0 Å². The molecule has 1 aromatic carbocycles. The summed E-state index contributed by atoms with van der Waals surface area (Å²) in [6.07, 6.45) is 7.85. The fraction of sp³-hybridized carbons (Fsp3) is 0.500. The Hall–Kier alpha value is -2.48. The molecule has 0 saturated heterocycles. The van der Waals surface area contributed by atoms with Crippen molar-refractivity contribution in [2.24, 2.45) is 0 Å². The molecule has 1 aliphatic rings. The number of sulfonamides is 1. The molecule has 8 heteroatoms. The Morgan fingerprint density at radius 3 is 2.56 bits per heavy atom. The first-order valence-corrected chi connectivity index (χ1v) is 13.0. The van der Waals surface area contributed by atoms with Crippen molar-refractivity contribution >= 4 is 27.3 Å². The molecule has 3 rings (SSSR count). The van der Waals surface area contributed by atoms with Crippen LogP contribution in [0, 0.1) is 12.7 Å². The number of hydrogen-bond acceptors (Lipinski definition) is 5. The van der Waals surface area contributed by atoms with E-state index in [9.17, 15) is 17.6 Å². The van der Waals surface area contributed by atoms with Gasteiger partial charge >= 0.3 is 0 Å². The number of benzene rings is 1. The van der Waals surface area contributed by atoms with Crippen molar-refractivity contribution in [3.8, 4) is 0 Å². The highest BCUT2D eigenvalue weighted by Crippen LogP contribution is 2.26. The summed E-state index contributed by atoms with van der Waals surface area (Å²) in [6, 6.07) is 8.57. The minimum atomic E-state index is -3.58. The Morgan fingerprint density at radius 2 is 1.91 bits per heavy atom. The van der Waals surface area contributed by atoms with Crippen LogP contribution >= 0.6 is 0 Å². The highest BCUT2D eigenvalue weighted by atomic mass is 32.2. The van der Waals surface area contributed by atoms with Gasteiger partial charge in [-0.2, -0.15) is 0 Å². The Balaban J connectivity index is 1.65. The van der Waals surface area contributed by atoms with Crippen molar-refractivity contribution in [2.45, 2.75) is 70.8 Å². The van der Waals surface area contributed by atoms with Gasteiger partial charge in [0.2, 0.25) is 10.0 Å². The van der Waals surface area contributed by atoms with Crippen LogP contribution in [0.5, 0.6) is 0 Å². The Morgan fingerprint density at radius 1 is 1.19 bits per heavy atom. The fourth-order valence-electron chi connectivity index (χ4n) is 4.10. The number of halogens is 1. The van der Waals surface area contributed by atoms with Gasteiger partial charge in [-0.3, -0.25) is 9.52 Å². The lowest BCUT2D eigenvalue weighted by molar-refractivity contribution is -0.120. The molecule has 2 N–H and O–H groups in total. The van der Waals surface area contributed by atoms with E-state index in [1.54, 1.807) is 13.0 Å². The number of carbonyl (C=O) groups excluding carboxylic acids is 1. The summed E-state index contributed by atoms with van der Waals surface area (Å²) in [5.41, 5.74) is 2.35. The van der Waals surface area contributed by atoms with Crippen molar-refractivity contribution < 1.29 is 17.6 Å². The quantitative estimate of drug-likeness (QED) is 0.552. The zero-order chi connectivity index (χ0) is 23.3. The van der Waals surface area contributed by atoms with E-state index in [2.05, 4.69) is 15.0 Å². The van der Waals surface area contributed by atoms with Crippen molar-refractivity contribution in [3.05, 3.63) is 53.0 Å². The second-order valence-electron chi connectivity index (χ2n) is 8.74. The third-order valence-corrected chi connectivity index (χ3v) is 6.57. The van der Waals surface area contributed by atoms with Crippen LogP contribution in [0.4, 0.5) is 15.9 Å². The molecule has 0 spiro atoms. The van der Waals surface area contributed by atoms with Crippen LogP contribution in [-0.2, 0) is 21.2 Å². The van der Waals surface area contributed by atoms with Crippen LogP contribution in [0.3, 0.4) is 0 Å². The highest BCUT2D eigenvalue weighted by Gasteiger charge is 2.20. The molecule has 2 aromatic rings. The maximum atomic E-state index is 14.3. The minimum Gasteiger partial charge on any atom is -0.367 e. The van der Waals surface area contributed by atoms with Crippen LogP contribution in [0.15, 0.2) is 30.3 Å². The Labute approximate surface area is 190 Å². The van der Waals surface area contributed by atoms with E-state index in [-0.39, 0.29) is 11.5 Å². The number of nitrogens with one attached hydrogen (secondary N) is 2. The van der Waals surface area contributed by atoms with Gasteiger partial charge in [0.15, 0.2) is 0 Å². The Kier molecular flexibility index (Phi) is 7.87. The van der Waals surface area contributed by atoms with Crippen molar-refractivity contribution in [1.82, 2.24) is 4.98 Å². The SMILES string of the molecule is Cc1ccc(CCC(=O)C(C)c2ccc(NS(C)(=O)=O)c(F)c2)c(NC2CCCCC2)n1. The molecule has 1 heterocycles. The van der Waals surface area contributed by atoms with Gasteiger partial charge in [0.05, 0.1) is 11.9 Å². The number of nitrogens with zero attached hydrogens (tertiary/aromatic N) is 1. The summed E-state index contributed by atoms with van der Waals surface area (Å²) in [7, 11) is -3.58. The average molecular weight is 462 g/mol. The molecule has 1 aromatic heterocycles. The predicted molar refractivity (Wildman–Crippen MR) is 126 cm³/mol. The first-order chi connectivity index (χ1) is 15.1. The first kappa shape index (κ1) is 24.2. The molecule has 0 bridgehead atoms. The molecule has 6 nitrogen and oxygen atoms in total. The van der Waals surface area contributed by atoms with Gasteiger partial charge < -0.3 is 5.32 Å². The third kappa shape index (κ3) is 6.76. The van der Waals surface area contributed by atoms with Crippen LogP contribution in [0.2, 0.25) is 0 Å². The van der Waals surface area contributed by atoms with Crippen molar-refractivity contribution in [2.75, 3.05) is 16.3 Å². The zero-order valence-corrected chi connectivity index (χ0v) is 19.8. The van der Waals surface area contributed by atoms with E-state index < -0.39 is 21.8 Å². The monoisotopic (exact) mass is 461 g/mol. The summed E-state index contributed by atoms with van der Waals surface area (Å²) in [4.78, 5) is 17.5. The molecule has 1 fully saturated rings. The van der Waals surface area contributed by atoms with Crippen molar-refractivity contribution in [3.63, 3.8) is 0 Å². The van der Waals surface area contributed by atoms with E-state index in [0.29, 0.717) is 24.4 Å². The van der Waals surface area contributed by atoms with Crippen LogP contribution in [0.1, 0.15) is 68.2 Å². The van der Waals surface area contributed by atoms with E-state index in [0.717, 1.165) is 36.2 Å². The number of hydrogen-bond donors (Lipinski definition) is 2. The van der Waals surface area contributed by atoms with E-state index in [1.807, 2.05) is 19.1 Å². The highest BCUT2D eigenvalue weighted by molar-refractivity contribution is 7.92. The second kappa shape index (κ2) is 10.4. The number of carbonyl (C=O) groups is 1. The fourth-order valence-corrected chi connectivity index (χ4v) is 4.66. The molecule has 0 radical (unpaired) electrons. The van der Waals surface area contributed by atoms with Gasteiger partial charge in [0, 0.05) is 24.1 Å². The van der Waals surface area contributed by atoms with E-state index in [1.165, 1.54) is 31.4 Å². The van der Waals surface area contributed by atoms with Gasteiger partial charge in [0.1, 0.15) is 17.4 Å². The van der Waals surface area contributed by atoms with Crippen LogP contribution < -0.4 is 10.0 Å². The molecule has 0 amide bonds. The summed E-state index contributed by atoms with van der Waals surface area (Å²) < 4.78 is 39.1. The number of Topliss-reactive ketones (excluding diaryl/α,β-unsaturated/α-hetero) is 1. The number of pyridine rings is 1. The summed E-state index contributed by atoms with van der Waals surface area (Å²) in [5.74, 6) is -0.337. The van der Waals surface area contributed by atoms with Gasteiger partial charge in [-0.05, 0) is 55.5 Å².